The van der Waals surface area contributed by atoms with Crippen molar-refractivity contribution >= 4 is 29.1 Å². The van der Waals surface area contributed by atoms with Gasteiger partial charge in [0.15, 0.2) is 0 Å². The van der Waals surface area contributed by atoms with Crippen molar-refractivity contribution in [3.63, 3.8) is 0 Å². The van der Waals surface area contributed by atoms with Crippen LogP contribution in [0, 0.1) is 6.08 Å². The van der Waals surface area contributed by atoms with Gasteiger partial charge in [0.2, 0.25) is 0 Å². The number of hydrogen-bond acceptors (Lipinski definition) is 0. The molecule has 0 unspecified atom stereocenters. The van der Waals surface area contributed by atoms with Crippen LogP contribution in [-0.4, -0.2) is 23.1 Å². The molecule has 0 aromatic heterocycles. The summed E-state index contributed by atoms with van der Waals surface area (Å²) in [4.78, 5) is 0. The van der Waals surface area contributed by atoms with Gasteiger partial charge in [0.1, 0.15) is 0 Å². The van der Waals surface area contributed by atoms with Crippen LogP contribution in [0.4, 0.5) is 0 Å². The van der Waals surface area contributed by atoms with E-state index >= 15 is 0 Å². The molecule has 0 spiro atoms. The number of fused-ring (bicyclic) bond motifs is 1. The second-order valence-corrected chi connectivity index (χ2v) is 2.55. The van der Waals surface area contributed by atoms with Crippen LogP contribution in [0.2, 0.25) is 0 Å². The molecule has 0 aliphatic heterocycles. The van der Waals surface area contributed by atoms with Gasteiger partial charge in [0, 0.05) is 0 Å². The molecule has 2 heteroatoms. The molecule has 0 atom stereocenters. The molecule has 1 aromatic rings. The van der Waals surface area contributed by atoms with Crippen LogP contribution in [0.25, 0.3) is 6.08 Å². The molecule has 1 aliphatic rings. The SMILES string of the molecule is [Br-].[C-]1=Cc2ccccc2CC1.[Mg+2]. The Morgan fingerprint density at radius 1 is 1.17 bits per heavy atom. The van der Waals surface area contributed by atoms with E-state index in [0.717, 1.165) is 12.8 Å². The number of aryl methyl sites for hydroxylation is 1. The summed E-state index contributed by atoms with van der Waals surface area (Å²) in [6.07, 6.45) is 7.54. The fraction of sp³-hybridized carbons (Fsp3) is 0.200. The molecular weight excluding hydrogens is 224 g/mol. The normalized spacial score (nSPS) is 12.3. The Bertz CT molecular complexity index is 268. The summed E-state index contributed by atoms with van der Waals surface area (Å²) in [6, 6.07) is 8.49. The van der Waals surface area contributed by atoms with E-state index in [9.17, 15) is 0 Å². The third kappa shape index (κ3) is 2.61. The molecule has 0 bridgehead atoms. The molecule has 2 rings (SSSR count). The number of rotatable bonds is 0. The van der Waals surface area contributed by atoms with Crippen molar-refractivity contribution in [2.45, 2.75) is 12.8 Å². The Balaban J connectivity index is 0.000000605. The molecule has 58 valence electrons. The van der Waals surface area contributed by atoms with Crippen molar-refractivity contribution in [1.29, 1.82) is 0 Å². The van der Waals surface area contributed by atoms with Gasteiger partial charge in [0.25, 0.3) is 0 Å². The fourth-order valence-electron chi connectivity index (χ4n) is 1.29. The van der Waals surface area contributed by atoms with Gasteiger partial charge in [0.05, 0.1) is 0 Å². The Morgan fingerprint density at radius 3 is 2.67 bits per heavy atom. The molecule has 0 saturated heterocycles. The van der Waals surface area contributed by atoms with Gasteiger partial charge in [-0.3, -0.25) is 6.08 Å². The van der Waals surface area contributed by atoms with Crippen molar-refractivity contribution in [1.82, 2.24) is 0 Å². The molecule has 1 aromatic carbocycles. The predicted molar refractivity (Wildman–Crippen MR) is 48.2 cm³/mol. The van der Waals surface area contributed by atoms with E-state index < -0.39 is 0 Å². The van der Waals surface area contributed by atoms with Crippen LogP contribution < -0.4 is 17.0 Å². The van der Waals surface area contributed by atoms with Crippen LogP contribution in [0.5, 0.6) is 0 Å². The Kier molecular flexibility index (Phi) is 5.88. The van der Waals surface area contributed by atoms with E-state index in [1.807, 2.05) is 0 Å². The summed E-state index contributed by atoms with van der Waals surface area (Å²) in [5, 5.41) is 0. The minimum absolute atomic E-state index is 0. The maximum Gasteiger partial charge on any atom is 2.00 e. The largest absolute Gasteiger partial charge is 2.00 e. The molecule has 0 amide bonds. The molecule has 0 nitrogen and oxygen atoms in total. The van der Waals surface area contributed by atoms with E-state index in [2.05, 4.69) is 36.4 Å². The zero-order valence-electron chi connectivity index (χ0n) is 6.89. The molecular formula is C10H9BrMg. The smallest absolute Gasteiger partial charge is 1.00 e. The van der Waals surface area contributed by atoms with Gasteiger partial charge in [-0.25, -0.2) is 6.08 Å². The van der Waals surface area contributed by atoms with E-state index in [-0.39, 0.29) is 40.0 Å². The number of benzene rings is 1. The van der Waals surface area contributed by atoms with Crippen molar-refractivity contribution in [2.75, 3.05) is 0 Å². The van der Waals surface area contributed by atoms with E-state index in [1.165, 1.54) is 11.1 Å². The molecule has 12 heavy (non-hydrogen) atoms. The van der Waals surface area contributed by atoms with Crippen LogP contribution in [0.1, 0.15) is 17.5 Å². The minimum Gasteiger partial charge on any atom is -1.00 e. The van der Waals surface area contributed by atoms with E-state index in [1.54, 1.807) is 0 Å². The Hall–Kier alpha value is 0.206. The van der Waals surface area contributed by atoms with Gasteiger partial charge in [-0.15, -0.1) is 18.1 Å². The standard InChI is InChI=1S/C10H9.BrH.Mg/c1-2-6-10-8-4-3-7-9(10)5-1;;/h1-2,5-6,8H,3,7H2;1H;/q-1;;+2/p-1. The Labute approximate surface area is 100.0 Å². The minimum atomic E-state index is 0. The summed E-state index contributed by atoms with van der Waals surface area (Å²) in [7, 11) is 0. The van der Waals surface area contributed by atoms with Gasteiger partial charge >= 0.3 is 23.1 Å². The van der Waals surface area contributed by atoms with Gasteiger partial charge < -0.3 is 17.0 Å². The third-order valence-corrected chi connectivity index (χ3v) is 1.85. The summed E-state index contributed by atoms with van der Waals surface area (Å²) < 4.78 is 0. The van der Waals surface area contributed by atoms with Crippen LogP contribution >= 0.6 is 0 Å². The summed E-state index contributed by atoms with van der Waals surface area (Å²) in [5.41, 5.74) is 2.80. The second-order valence-electron chi connectivity index (χ2n) is 2.55. The average Bonchev–Trinajstić information content (AvgIpc) is 2.05. The molecule has 0 radical (unpaired) electrons. The second kappa shape index (κ2) is 5.78. The van der Waals surface area contributed by atoms with Gasteiger partial charge in [-0.2, -0.15) is 5.56 Å². The third-order valence-electron chi connectivity index (χ3n) is 1.85. The van der Waals surface area contributed by atoms with Crippen molar-refractivity contribution < 1.29 is 17.0 Å². The molecule has 0 fully saturated rings. The monoisotopic (exact) mass is 232 g/mol. The molecule has 0 saturated carbocycles. The van der Waals surface area contributed by atoms with Gasteiger partial charge in [-0.05, 0) is 0 Å². The quantitative estimate of drug-likeness (QED) is 0.401. The molecule has 0 N–H and O–H groups in total. The average molecular weight is 233 g/mol. The summed E-state index contributed by atoms with van der Waals surface area (Å²) in [5.74, 6) is 0. The number of hydrogen-bond donors (Lipinski definition) is 0. The first-order valence-corrected chi connectivity index (χ1v) is 3.61. The van der Waals surface area contributed by atoms with Crippen LogP contribution in [0.15, 0.2) is 24.3 Å². The predicted octanol–water partition coefficient (Wildman–Crippen LogP) is -0.928. The summed E-state index contributed by atoms with van der Waals surface area (Å²) >= 11 is 0. The van der Waals surface area contributed by atoms with Crippen molar-refractivity contribution in [2.24, 2.45) is 0 Å². The van der Waals surface area contributed by atoms with Crippen molar-refractivity contribution in [3.8, 4) is 0 Å². The summed E-state index contributed by atoms with van der Waals surface area (Å²) in [6.45, 7) is 0. The zero-order chi connectivity index (χ0) is 6.81. The van der Waals surface area contributed by atoms with E-state index in [4.69, 9.17) is 0 Å². The fourth-order valence-corrected chi connectivity index (χ4v) is 1.29. The zero-order valence-corrected chi connectivity index (χ0v) is 9.89. The first-order valence-electron chi connectivity index (χ1n) is 3.61. The molecule has 0 heterocycles. The van der Waals surface area contributed by atoms with E-state index in [0.29, 0.717) is 0 Å². The van der Waals surface area contributed by atoms with Gasteiger partial charge in [-0.1, -0.05) is 24.6 Å². The number of halogens is 1. The first-order chi connectivity index (χ1) is 4.97. The van der Waals surface area contributed by atoms with Crippen LogP contribution in [-0.2, 0) is 6.42 Å². The number of allylic oxidation sites excluding steroid dienone is 1. The maximum atomic E-state index is 3.22. The van der Waals surface area contributed by atoms with Crippen molar-refractivity contribution in [3.05, 3.63) is 41.5 Å². The van der Waals surface area contributed by atoms with Crippen LogP contribution in [0.3, 0.4) is 0 Å². The topological polar surface area (TPSA) is 0 Å². The molecule has 1 aliphatic carbocycles. The Morgan fingerprint density at radius 2 is 1.92 bits per heavy atom. The maximum absolute atomic E-state index is 3.22. The first kappa shape index (κ1) is 12.2.